The Kier molecular flexibility index (Phi) is 4.30. The molecule has 1 atom stereocenters. The first kappa shape index (κ1) is 15.5. The van der Waals surface area contributed by atoms with Gasteiger partial charge >= 0.3 is 0 Å². The molecule has 5 nitrogen and oxygen atoms in total. The van der Waals surface area contributed by atoms with Crippen molar-refractivity contribution in [2.24, 2.45) is 0 Å². The lowest BCUT2D eigenvalue weighted by Crippen LogP contribution is -2.43. The third-order valence-electron chi connectivity index (χ3n) is 4.31. The van der Waals surface area contributed by atoms with Crippen LogP contribution in [0.2, 0.25) is 0 Å². The number of amides is 1. The average Bonchev–Trinajstić information content (AvgIpc) is 2.60. The lowest BCUT2D eigenvalue weighted by Gasteiger charge is -2.34. The highest BCUT2D eigenvalue weighted by molar-refractivity contribution is 5.96. The molecule has 0 aliphatic heterocycles. The molecule has 23 heavy (non-hydrogen) atoms. The summed E-state index contributed by atoms with van der Waals surface area (Å²) in [6.45, 7) is 0.168. The monoisotopic (exact) mass is 312 g/mol. The summed E-state index contributed by atoms with van der Waals surface area (Å²) >= 11 is 0. The number of carbonyl (C=O) groups excluding carboxylic acids is 1. The summed E-state index contributed by atoms with van der Waals surface area (Å²) in [5.74, 6) is -0.0209. The normalized spacial score (nSPS) is 19.7. The third-order valence-corrected chi connectivity index (χ3v) is 4.31. The van der Waals surface area contributed by atoms with E-state index in [1.807, 2.05) is 24.3 Å². The van der Waals surface area contributed by atoms with Gasteiger partial charge in [0, 0.05) is 6.20 Å². The van der Waals surface area contributed by atoms with Crippen LogP contribution in [0.25, 0.3) is 0 Å². The number of hydrogen-bond acceptors (Lipinski definition) is 4. The highest BCUT2D eigenvalue weighted by Gasteiger charge is 2.34. The largest absolute Gasteiger partial charge is 0.480 e. The molecule has 1 aromatic heterocycles. The van der Waals surface area contributed by atoms with Gasteiger partial charge in [-0.25, -0.2) is 4.98 Å². The number of benzene rings is 1. The minimum absolute atomic E-state index is 0.168. The molecule has 1 aliphatic rings. The van der Waals surface area contributed by atoms with Crippen molar-refractivity contribution in [3.05, 3.63) is 59.3 Å². The van der Waals surface area contributed by atoms with Crippen molar-refractivity contribution in [2.45, 2.75) is 24.9 Å². The number of ether oxygens (including phenoxy) is 1. The van der Waals surface area contributed by atoms with Crippen LogP contribution in [0.4, 0.5) is 0 Å². The maximum atomic E-state index is 12.4. The van der Waals surface area contributed by atoms with Crippen LogP contribution in [0, 0.1) is 0 Å². The van der Waals surface area contributed by atoms with Gasteiger partial charge in [0.15, 0.2) is 0 Å². The smallest absolute Gasteiger partial charge is 0.256 e. The van der Waals surface area contributed by atoms with Gasteiger partial charge in [0.2, 0.25) is 5.88 Å². The van der Waals surface area contributed by atoms with Gasteiger partial charge in [0.05, 0.1) is 13.7 Å². The highest BCUT2D eigenvalue weighted by atomic mass is 16.5. The Balaban J connectivity index is 1.77. The minimum Gasteiger partial charge on any atom is -0.480 e. The number of pyridine rings is 1. The molecular weight excluding hydrogens is 292 g/mol. The van der Waals surface area contributed by atoms with E-state index in [9.17, 15) is 9.90 Å². The van der Waals surface area contributed by atoms with Gasteiger partial charge in [-0.05, 0) is 42.5 Å². The molecule has 1 unspecified atom stereocenters. The second kappa shape index (κ2) is 6.38. The molecule has 1 aliphatic carbocycles. The molecule has 1 amide bonds. The van der Waals surface area contributed by atoms with Crippen molar-refractivity contribution < 1.29 is 14.6 Å². The lowest BCUT2D eigenvalue weighted by molar-refractivity contribution is 0.0189. The van der Waals surface area contributed by atoms with Crippen LogP contribution in [-0.4, -0.2) is 29.7 Å². The van der Waals surface area contributed by atoms with Gasteiger partial charge in [-0.15, -0.1) is 0 Å². The molecule has 1 aromatic carbocycles. The number of aryl methyl sites for hydroxylation is 1. The van der Waals surface area contributed by atoms with Crippen LogP contribution in [0.1, 0.15) is 34.3 Å². The Hall–Kier alpha value is -2.40. The molecule has 0 saturated heterocycles. The number of carbonyl (C=O) groups is 1. The standard InChI is InChI=1S/C18H20N2O3/c1-23-17-14(8-5-11-19-17)16(21)20-12-18(22)10-4-7-13-6-2-3-9-15(13)18/h2-3,5-6,8-9,11,22H,4,7,10,12H2,1H3,(H,20,21). The highest BCUT2D eigenvalue weighted by Crippen LogP contribution is 2.34. The first-order chi connectivity index (χ1) is 11.1. The molecule has 0 radical (unpaired) electrons. The van der Waals surface area contributed by atoms with E-state index in [-0.39, 0.29) is 18.3 Å². The summed E-state index contributed by atoms with van der Waals surface area (Å²) in [5, 5.41) is 13.8. The van der Waals surface area contributed by atoms with Crippen molar-refractivity contribution in [3.8, 4) is 5.88 Å². The second-order valence-electron chi connectivity index (χ2n) is 5.79. The summed E-state index contributed by atoms with van der Waals surface area (Å²) in [6, 6.07) is 11.2. The van der Waals surface area contributed by atoms with Crippen LogP contribution in [-0.2, 0) is 12.0 Å². The van der Waals surface area contributed by atoms with Gasteiger partial charge in [0.25, 0.3) is 5.91 Å². The van der Waals surface area contributed by atoms with Crippen LogP contribution in [0.15, 0.2) is 42.6 Å². The van der Waals surface area contributed by atoms with E-state index in [0.29, 0.717) is 12.0 Å². The summed E-state index contributed by atoms with van der Waals surface area (Å²) in [5.41, 5.74) is 1.39. The van der Waals surface area contributed by atoms with Crippen LogP contribution in [0.5, 0.6) is 5.88 Å². The topological polar surface area (TPSA) is 71.5 Å². The summed E-state index contributed by atoms with van der Waals surface area (Å²) < 4.78 is 5.11. The predicted molar refractivity (Wildman–Crippen MR) is 86.4 cm³/mol. The zero-order valence-corrected chi connectivity index (χ0v) is 13.1. The van der Waals surface area contributed by atoms with E-state index in [2.05, 4.69) is 10.3 Å². The molecule has 2 N–H and O–H groups in total. The maximum Gasteiger partial charge on any atom is 0.256 e. The third kappa shape index (κ3) is 3.05. The van der Waals surface area contributed by atoms with Gasteiger partial charge in [-0.1, -0.05) is 24.3 Å². The zero-order chi connectivity index (χ0) is 16.3. The fraction of sp³-hybridized carbons (Fsp3) is 0.333. The van der Waals surface area contributed by atoms with Crippen LogP contribution >= 0.6 is 0 Å². The molecule has 2 aromatic rings. The molecular formula is C18H20N2O3. The molecule has 5 heteroatoms. The number of methoxy groups -OCH3 is 1. The Labute approximate surface area is 135 Å². The molecule has 0 saturated carbocycles. The van der Waals surface area contributed by atoms with Crippen LogP contribution in [0.3, 0.4) is 0 Å². The quantitative estimate of drug-likeness (QED) is 0.906. The van der Waals surface area contributed by atoms with Crippen molar-refractivity contribution in [2.75, 3.05) is 13.7 Å². The maximum absolute atomic E-state index is 12.4. The Morgan fingerprint density at radius 2 is 2.17 bits per heavy atom. The summed E-state index contributed by atoms with van der Waals surface area (Å²) in [6.07, 6.45) is 4.07. The van der Waals surface area contributed by atoms with Crippen molar-refractivity contribution >= 4 is 5.91 Å². The van der Waals surface area contributed by atoms with Gasteiger partial charge in [-0.2, -0.15) is 0 Å². The molecule has 0 spiro atoms. The average molecular weight is 312 g/mol. The number of aliphatic hydroxyl groups is 1. The van der Waals surface area contributed by atoms with Crippen molar-refractivity contribution in [3.63, 3.8) is 0 Å². The SMILES string of the molecule is COc1ncccc1C(=O)NCC1(O)CCCc2ccccc21. The number of hydrogen-bond donors (Lipinski definition) is 2. The molecule has 0 fully saturated rings. The Morgan fingerprint density at radius 3 is 3.00 bits per heavy atom. The Morgan fingerprint density at radius 1 is 1.35 bits per heavy atom. The number of rotatable bonds is 4. The van der Waals surface area contributed by atoms with Crippen molar-refractivity contribution in [1.82, 2.24) is 10.3 Å². The zero-order valence-electron chi connectivity index (χ0n) is 13.1. The van der Waals surface area contributed by atoms with E-state index < -0.39 is 5.60 Å². The molecule has 0 bridgehead atoms. The molecule has 3 rings (SSSR count). The lowest BCUT2D eigenvalue weighted by atomic mass is 9.79. The number of fused-ring (bicyclic) bond motifs is 1. The first-order valence-corrected chi connectivity index (χ1v) is 7.72. The van der Waals surface area contributed by atoms with E-state index in [0.717, 1.165) is 24.0 Å². The fourth-order valence-corrected chi connectivity index (χ4v) is 3.13. The number of aromatic nitrogens is 1. The summed E-state index contributed by atoms with van der Waals surface area (Å²) in [7, 11) is 1.48. The van der Waals surface area contributed by atoms with E-state index >= 15 is 0 Å². The van der Waals surface area contributed by atoms with Gasteiger partial charge in [0.1, 0.15) is 11.2 Å². The summed E-state index contributed by atoms with van der Waals surface area (Å²) in [4.78, 5) is 16.4. The second-order valence-corrected chi connectivity index (χ2v) is 5.79. The van der Waals surface area contributed by atoms with Gasteiger partial charge in [-0.3, -0.25) is 4.79 Å². The number of nitrogens with zero attached hydrogens (tertiary/aromatic N) is 1. The Bertz CT molecular complexity index is 717. The van der Waals surface area contributed by atoms with E-state index in [1.54, 1.807) is 18.3 Å². The van der Waals surface area contributed by atoms with Gasteiger partial charge < -0.3 is 15.2 Å². The minimum atomic E-state index is -1.03. The van der Waals surface area contributed by atoms with E-state index in [4.69, 9.17) is 4.74 Å². The molecule has 120 valence electrons. The first-order valence-electron chi connectivity index (χ1n) is 7.72. The number of nitrogens with one attached hydrogen (secondary N) is 1. The predicted octanol–water partition coefficient (Wildman–Crippen LogP) is 2.04. The molecule has 1 heterocycles. The van der Waals surface area contributed by atoms with Crippen LogP contribution < -0.4 is 10.1 Å². The van der Waals surface area contributed by atoms with Crippen molar-refractivity contribution in [1.29, 1.82) is 0 Å². The van der Waals surface area contributed by atoms with E-state index in [1.165, 1.54) is 7.11 Å². The fourth-order valence-electron chi connectivity index (χ4n) is 3.13.